The summed E-state index contributed by atoms with van der Waals surface area (Å²) in [5.41, 5.74) is 1.08. The molecule has 0 spiro atoms. The first-order chi connectivity index (χ1) is 7.72. The average Bonchev–Trinajstić information content (AvgIpc) is 2.27. The Morgan fingerprint density at radius 3 is 3.06 bits per heavy atom. The Morgan fingerprint density at radius 2 is 2.38 bits per heavy atom. The van der Waals surface area contributed by atoms with Gasteiger partial charge in [0.15, 0.2) is 0 Å². The minimum absolute atomic E-state index is 0.542. The van der Waals surface area contributed by atoms with Crippen LogP contribution in [0.25, 0.3) is 0 Å². The molecular formula is C12H18IN3. The molecule has 0 aliphatic heterocycles. The zero-order valence-electron chi connectivity index (χ0n) is 9.78. The van der Waals surface area contributed by atoms with Gasteiger partial charge in [-0.15, -0.1) is 0 Å². The van der Waals surface area contributed by atoms with Crippen molar-refractivity contribution in [2.75, 3.05) is 18.4 Å². The predicted octanol–water partition coefficient (Wildman–Crippen LogP) is 3.22. The van der Waals surface area contributed by atoms with Gasteiger partial charge in [0.2, 0.25) is 0 Å². The van der Waals surface area contributed by atoms with Crippen molar-refractivity contribution >= 4 is 34.5 Å². The monoisotopic (exact) mass is 331 g/mol. The summed E-state index contributed by atoms with van der Waals surface area (Å²) >= 11 is 2.26. The standard InChI is InChI=1S/C12H18IN3/c1-3-4-14-6-10(2)7-16-12-5-11(13)8-15-9-12/h4-5,8-10,16H,3,6-7H2,1-2H3/b14-4-. The maximum absolute atomic E-state index is 4.34. The molecule has 0 aliphatic rings. The van der Waals surface area contributed by atoms with Crippen molar-refractivity contribution < 1.29 is 0 Å². The second-order valence-electron chi connectivity index (χ2n) is 3.83. The van der Waals surface area contributed by atoms with E-state index in [1.807, 2.05) is 18.6 Å². The Bertz CT molecular complexity index is 339. The zero-order valence-corrected chi connectivity index (χ0v) is 11.9. The molecule has 16 heavy (non-hydrogen) atoms. The Morgan fingerprint density at radius 1 is 1.56 bits per heavy atom. The highest BCUT2D eigenvalue weighted by atomic mass is 127. The number of halogens is 1. The molecule has 88 valence electrons. The average molecular weight is 331 g/mol. The first-order valence-electron chi connectivity index (χ1n) is 5.55. The molecule has 1 aromatic heterocycles. The minimum Gasteiger partial charge on any atom is -0.383 e. The molecule has 0 saturated carbocycles. The van der Waals surface area contributed by atoms with E-state index in [0.29, 0.717) is 5.92 Å². The van der Waals surface area contributed by atoms with Crippen LogP contribution in [0.3, 0.4) is 0 Å². The molecule has 1 atom stereocenters. The number of hydrogen-bond acceptors (Lipinski definition) is 3. The van der Waals surface area contributed by atoms with Crippen molar-refractivity contribution in [3.8, 4) is 0 Å². The van der Waals surface area contributed by atoms with Crippen LogP contribution in [0.15, 0.2) is 23.5 Å². The van der Waals surface area contributed by atoms with Crippen molar-refractivity contribution in [2.24, 2.45) is 10.9 Å². The number of rotatable bonds is 6. The van der Waals surface area contributed by atoms with E-state index in [4.69, 9.17) is 0 Å². The molecule has 0 radical (unpaired) electrons. The van der Waals surface area contributed by atoms with Crippen molar-refractivity contribution in [1.82, 2.24) is 4.98 Å². The Labute approximate surface area is 111 Å². The molecule has 1 aromatic rings. The summed E-state index contributed by atoms with van der Waals surface area (Å²) in [4.78, 5) is 8.48. The van der Waals surface area contributed by atoms with Crippen LogP contribution in [-0.4, -0.2) is 24.3 Å². The lowest BCUT2D eigenvalue weighted by Crippen LogP contribution is -2.14. The third-order valence-electron chi connectivity index (χ3n) is 2.09. The lowest BCUT2D eigenvalue weighted by Gasteiger charge is -2.11. The fourth-order valence-corrected chi connectivity index (χ4v) is 1.75. The predicted molar refractivity (Wildman–Crippen MR) is 78.3 cm³/mol. The zero-order chi connectivity index (χ0) is 11.8. The van der Waals surface area contributed by atoms with Gasteiger partial charge in [-0.1, -0.05) is 13.8 Å². The molecule has 1 unspecified atom stereocenters. The van der Waals surface area contributed by atoms with Crippen LogP contribution < -0.4 is 5.32 Å². The smallest absolute Gasteiger partial charge is 0.0537 e. The largest absolute Gasteiger partial charge is 0.383 e. The van der Waals surface area contributed by atoms with Crippen LogP contribution >= 0.6 is 22.6 Å². The van der Waals surface area contributed by atoms with Crippen LogP contribution in [-0.2, 0) is 0 Å². The summed E-state index contributed by atoms with van der Waals surface area (Å²) in [6, 6.07) is 2.09. The van der Waals surface area contributed by atoms with Gasteiger partial charge in [-0.2, -0.15) is 0 Å². The van der Waals surface area contributed by atoms with E-state index < -0.39 is 0 Å². The van der Waals surface area contributed by atoms with Crippen LogP contribution in [0.1, 0.15) is 20.3 Å². The molecular weight excluding hydrogens is 313 g/mol. The molecule has 0 fully saturated rings. The van der Waals surface area contributed by atoms with Gasteiger partial charge in [0.25, 0.3) is 0 Å². The second kappa shape index (κ2) is 7.60. The number of aliphatic imine (C=N–C) groups is 1. The molecule has 1 heterocycles. The summed E-state index contributed by atoms with van der Waals surface area (Å²) in [5.74, 6) is 0.542. The van der Waals surface area contributed by atoms with Gasteiger partial charge in [-0.25, -0.2) is 0 Å². The topological polar surface area (TPSA) is 37.3 Å². The number of hydrogen-bond donors (Lipinski definition) is 1. The van der Waals surface area contributed by atoms with Crippen molar-refractivity contribution in [3.05, 3.63) is 22.0 Å². The minimum atomic E-state index is 0.542. The SMILES string of the molecule is CC/C=N\CC(C)CNc1cncc(I)c1. The molecule has 0 bridgehead atoms. The maximum Gasteiger partial charge on any atom is 0.0537 e. The lowest BCUT2D eigenvalue weighted by molar-refractivity contribution is 0.630. The molecule has 0 aliphatic carbocycles. The van der Waals surface area contributed by atoms with E-state index in [-0.39, 0.29) is 0 Å². The van der Waals surface area contributed by atoms with E-state index in [1.165, 1.54) is 0 Å². The third-order valence-corrected chi connectivity index (χ3v) is 2.68. The molecule has 3 nitrogen and oxygen atoms in total. The first kappa shape index (κ1) is 13.4. The number of pyridine rings is 1. The van der Waals surface area contributed by atoms with Crippen LogP contribution in [0, 0.1) is 9.49 Å². The van der Waals surface area contributed by atoms with Crippen molar-refractivity contribution in [1.29, 1.82) is 0 Å². The maximum atomic E-state index is 4.34. The van der Waals surface area contributed by atoms with Gasteiger partial charge in [-0.05, 0) is 47.2 Å². The second-order valence-corrected chi connectivity index (χ2v) is 5.08. The van der Waals surface area contributed by atoms with Gasteiger partial charge in [-0.3, -0.25) is 9.98 Å². The number of nitrogens with one attached hydrogen (secondary N) is 1. The van der Waals surface area contributed by atoms with Gasteiger partial charge in [0, 0.05) is 22.9 Å². The summed E-state index contributed by atoms with van der Waals surface area (Å²) in [5, 5.41) is 3.37. The van der Waals surface area contributed by atoms with Gasteiger partial charge in [0.1, 0.15) is 0 Å². The van der Waals surface area contributed by atoms with E-state index in [9.17, 15) is 0 Å². The van der Waals surface area contributed by atoms with Crippen LogP contribution in [0.4, 0.5) is 5.69 Å². The van der Waals surface area contributed by atoms with Crippen molar-refractivity contribution in [2.45, 2.75) is 20.3 Å². The summed E-state index contributed by atoms with van der Waals surface area (Å²) in [7, 11) is 0. The molecule has 4 heteroatoms. The van der Waals surface area contributed by atoms with Crippen LogP contribution in [0.2, 0.25) is 0 Å². The van der Waals surface area contributed by atoms with Gasteiger partial charge >= 0.3 is 0 Å². The highest BCUT2D eigenvalue weighted by Gasteiger charge is 2.00. The van der Waals surface area contributed by atoms with E-state index in [1.54, 1.807) is 0 Å². The Balaban J connectivity index is 2.31. The first-order valence-corrected chi connectivity index (χ1v) is 6.63. The van der Waals surface area contributed by atoms with E-state index in [0.717, 1.165) is 28.8 Å². The summed E-state index contributed by atoms with van der Waals surface area (Å²) in [6.45, 7) is 6.12. The summed E-state index contributed by atoms with van der Waals surface area (Å²) < 4.78 is 1.15. The van der Waals surface area contributed by atoms with E-state index in [2.05, 4.69) is 57.8 Å². The summed E-state index contributed by atoms with van der Waals surface area (Å²) in [6.07, 6.45) is 6.69. The number of aromatic nitrogens is 1. The lowest BCUT2D eigenvalue weighted by atomic mass is 10.2. The normalized spacial score (nSPS) is 12.9. The van der Waals surface area contributed by atoms with Gasteiger partial charge in [0.05, 0.1) is 11.9 Å². The third kappa shape index (κ3) is 5.44. The Kier molecular flexibility index (Phi) is 6.37. The highest BCUT2D eigenvalue weighted by Crippen LogP contribution is 2.10. The van der Waals surface area contributed by atoms with Gasteiger partial charge < -0.3 is 5.32 Å². The molecule has 0 saturated heterocycles. The fraction of sp³-hybridized carbons (Fsp3) is 0.500. The number of anilines is 1. The van der Waals surface area contributed by atoms with Crippen LogP contribution in [0.5, 0.6) is 0 Å². The molecule has 1 rings (SSSR count). The molecule has 0 aromatic carbocycles. The fourth-order valence-electron chi connectivity index (χ4n) is 1.25. The molecule has 1 N–H and O–H groups in total. The highest BCUT2D eigenvalue weighted by molar-refractivity contribution is 14.1. The number of nitrogens with zero attached hydrogens (tertiary/aromatic N) is 2. The quantitative estimate of drug-likeness (QED) is 0.642. The Hall–Kier alpha value is -0.650. The molecule has 0 amide bonds. The van der Waals surface area contributed by atoms with E-state index >= 15 is 0 Å². The van der Waals surface area contributed by atoms with Crippen molar-refractivity contribution in [3.63, 3.8) is 0 Å².